The highest BCUT2D eigenvalue weighted by Gasteiger charge is 1.95. The van der Waals surface area contributed by atoms with E-state index >= 15 is 0 Å². The lowest BCUT2D eigenvalue weighted by Gasteiger charge is -2.04. The molecule has 0 bridgehead atoms. The molecule has 14 heavy (non-hydrogen) atoms. The van der Waals surface area contributed by atoms with E-state index in [1.165, 1.54) is 0 Å². The number of methoxy groups -OCH3 is 1. The molecule has 0 aliphatic heterocycles. The second kappa shape index (κ2) is 8.97. The topological polar surface area (TPSA) is 56.8 Å². The Balaban J connectivity index is 3.34. The van der Waals surface area contributed by atoms with Gasteiger partial charge in [-0.05, 0) is 5.92 Å². The van der Waals surface area contributed by atoms with Crippen molar-refractivity contribution in [2.75, 3.05) is 33.5 Å². The summed E-state index contributed by atoms with van der Waals surface area (Å²) in [6.45, 7) is 6.90. The van der Waals surface area contributed by atoms with Crippen LogP contribution in [0.2, 0.25) is 0 Å². The number of hydrogen-bond acceptors (Lipinski definition) is 3. The van der Waals surface area contributed by atoms with Crippen molar-refractivity contribution < 1.29 is 9.47 Å². The molecule has 2 N–H and O–H groups in total. The molecule has 0 radical (unpaired) electrons. The molecule has 4 heteroatoms. The van der Waals surface area contributed by atoms with Crippen LogP contribution in [-0.2, 0) is 9.47 Å². The van der Waals surface area contributed by atoms with E-state index in [4.69, 9.17) is 15.2 Å². The van der Waals surface area contributed by atoms with Gasteiger partial charge in [0.2, 0.25) is 0 Å². The van der Waals surface area contributed by atoms with Crippen molar-refractivity contribution in [3.63, 3.8) is 0 Å². The van der Waals surface area contributed by atoms with E-state index in [0.29, 0.717) is 38.0 Å². The minimum Gasteiger partial charge on any atom is -0.387 e. The summed E-state index contributed by atoms with van der Waals surface area (Å²) in [4.78, 5) is 4.22. The number of hydrogen-bond donors (Lipinski definition) is 1. The Morgan fingerprint density at radius 1 is 1.29 bits per heavy atom. The molecule has 0 aliphatic rings. The van der Waals surface area contributed by atoms with Crippen LogP contribution in [0.5, 0.6) is 0 Å². The highest BCUT2D eigenvalue weighted by Crippen LogP contribution is 1.92. The Kier molecular flexibility index (Phi) is 8.57. The molecule has 0 aromatic heterocycles. The molecule has 0 aromatic rings. The first-order chi connectivity index (χ1) is 6.66. The highest BCUT2D eigenvalue weighted by atomic mass is 16.5. The third-order valence-electron chi connectivity index (χ3n) is 1.59. The lowest BCUT2D eigenvalue weighted by molar-refractivity contribution is 0.0742. The number of nitrogens with zero attached hydrogens (tertiary/aromatic N) is 1. The van der Waals surface area contributed by atoms with Crippen LogP contribution in [0.3, 0.4) is 0 Å². The SMILES string of the molecule is COCCOCCC(N)=NCC(C)C. The van der Waals surface area contributed by atoms with Crippen molar-refractivity contribution in [2.45, 2.75) is 20.3 Å². The second-order valence-corrected chi connectivity index (χ2v) is 3.58. The summed E-state index contributed by atoms with van der Waals surface area (Å²) < 4.78 is 10.1. The van der Waals surface area contributed by atoms with E-state index in [1.807, 2.05) is 0 Å². The van der Waals surface area contributed by atoms with Gasteiger partial charge >= 0.3 is 0 Å². The summed E-state index contributed by atoms with van der Waals surface area (Å²) in [5.41, 5.74) is 5.68. The van der Waals surface area contributed by atoms with Crippen LogP contribution in [0, 0.1) is 5.92 Å². The zero-order valence-corrected chi connectivity index (χ0v) is 9.45. The summed E-state index contributed by atoms with van der Waals surface area (Å²) in [7, 11) is 1.65. The van der Waals surface area contributed by atoms with Crippen molar-refractivity contribution >= 4 is 5.84 Å². The molecule has 0 saturated carbocycles. The maximum atomic E-state index is 5.68. The van der Waals surface area contributed by atoms with Crippen LogP contribution < -0.4 is 5.73 Å². The van der Waals surface area contributed by atoms with Gasteiger partial charge in [-0.2, -0.15) is 0 Å². The fourth-order valence-corrected chi connectivity index (χ4v) is 0.800. The van der Waals surface area contributed by atoms with E-state index in [2.05, 4.69) is 18.8 Å². The standard InChI is InChI=1S/C10H22N2O2/c1-9(2)8-12-10(11)4-5-14-7-6-13-3/h9H,4-8H2,1-3H3,(H2,11,12). The van der Waals surface area contributed by atoms with Crippen LogP contribution in [-0.4, -0.2) is 39.3 Å². The van der Waals surface area contributed by atoms with Crippen molar-refractivity contribution in [3.8, 4) is 0 Å². The first-order valence-corrected chi connectivity index (χ1v) is 5.02. The largest absolute Gasteiger partial charge is 0.387 e. The minimum atomic E-state index is 0.558. The average Bonchev–Trinajstić information content (AvgIpc) is 2.14. The van der Waals surface area contributed by atoms with Crippen molar-refractivity contribution in [1.29, 1.82) is 0 Å². The lowest BCUT2D eigenvalue weighted by atomic mass is 10.2. The van der Waals surface area contributed by atoms with Gasteiger partial charge in [-0.25, -0.2) is 0 Å². The zero-order valence-electron chi connectivity index (χ0n) is 9.45. The van der Waals surface area contributed by atoms with E-state index in [9.17, 15) is 0 Å². The van der Waals surface area contributed by atoms with Gasteiger partial charge in [0.25, 0.3) is 0 Å². The predicted molar refractivity (Wildman–Crippen MR) is 58.6 cm³/mol. The molecule has 4 nitrogen and oxygen atoms in total. The third-order valence-corrected chi connectivity index (χ3v) is 1.59. The van der Waals surface area contributed by atoms with Crippen LogP contribution in [0.4, 0.5) is 0 Å². The van der Waals surface area contributed by atoms with Crippen LogP contribution in [0.15, 0.2) is 4.99 Å². The second-order valence-electron chi connectivity index (χ2n) is 3.58. The minimum absolute atomic E-state index is 0.558. The molecule has 0 fully saturated rings. The van der Waals surface area contributed by atoms with Crippen LogP contribution >= 0.6 is 0 Å². The summed E-state index contributed by atoms with van der Waals surface area (Å²) in [6.07, 6.45) is 0.705. The molecular weight excluding hydrogens is 180 g/mol. The summed E-state index contributed by atoms with van der Waals surface area (Å²) in [5.74, 6) is 1.24. The zero-order chi connectivity index (χ0) is 10.8. The maximum absolute atomic E-state index is 5.68. The molecule has 0 aromatic carbocycles. The Labute approximate surface area is 86.5 Å². The number of amidine groups is 1. The number of ether oxygens (including phenoxy) is 2. The average molecular weight is 202 g/mol. The Morgan fingerprint density at radius 2 is 2.00 bits per heavy atom. The van der Waals surface area contributed by atoms with Gasteiger partial charge in [0.15, 0.2) is 0 Å². The van der Waals surface area contributed by atoms with Gasteiger partial charge in [0, 0.05) is 20.1 Å². The molecule has 0 rings (SSSR count). The molecule has 0 spiro atoms. The molecule has 0 amide bonds. The fraction of sp³-hybridized carbons (Fsp3) is 0.900. The smallest absolute Gasteiger partial charge is 0.0960 e. The highest BCUT2D eigenvalue weighted by molar-refractivity contribution is 5.80. The first kappa shape index (κ1) is 13.4. The Bertz CT molecular complexity index is 158. The number of nitrogens with two attached hydrogens (primary N) is 1. The first-order valence-electron chi connectivity index (χ1n) is 5.02. The van der Waals surface area contributed by atoms with E-state index in [-0.39, 0.29) is 0 Å². The van der Waals surface area contributed by atoms with Crippen LogP contribution in [0.1, 0.15) is 20.3 Å². The number of rotatable bonds is 8. The van der Waals surface area contributed by atoms with E-state index < -0.39 is 0 Å². The Morgan fingerprint density at radius 3 is 2.57 bits per heavy atom. The van der Waals surface area contributed by atoms with E-state index in [1.54, 1.807) is 7.11 Å². The molecule has 0 heterocycles. The summed E-state index contributed by atoms with van der Waals surface area (Å²) in [5, 5.41) is 0. The molecule has 0 atom stereocenters. The lowest BCUT2D eigenvalue weighted by Crippen LogP contribution is -2.16. The normalized spacial score (nSPS) is 12.4. The van der Waals surface area contributed by atoms with Gasteiger partial charge in [-0.3, -0.25) is 4.99 Å². The summed E-state index contributed by atoms with van der Waals surface area (Å²) >= 11 is 0. The molecule has 0 unspecified atom stereocenters. The van der Waals surface area contributed by atoms with E-state index in [0.717, 1.165) is 6.54 Å². The summed E-state index contributed by atoms with van der Waals surface area (Å²) in [6, 6.07) is 0. The molecular formula is C10H22N2O2. The van der Waals surface area contributed by atoms with Gasteiger partial charge in [-0.1, -0.05) is 13.8 Å². The van der Waals surface area contributed by atoms with Gasteiger partial charge in [-0.15, -0.1) is 0 Å². The van der Waals surface area contributed by atoms with Gasteiger partial charge in [0.1, 0.15) is 0 Å². The molecule has 0 aliphatic carbocycles. The molecule has 0 saturated heterocycles. The van der Waals surface area contributed by atoms with Gasteiger partial charge < -0.3 is 15.2 Å². The van der Waals surface area contributed by atoms with Gasteiger partial charge in [0.05, 0.1) is 25.7 Å². The number of aliphatic imine (C=N–C) groups is 1. The van der Waals surface area contributed by atoms with Crippen LogP contribution in [0.25, 0.3) is 0 Å². The van der Waals surface area contributed by atoms with Crippen molar-refractivity contribution in [1.82, 2.24) is 0 Å². The third kappa shape index (κ3) is 9.48. The maximum Gasteiger partial charge on any atom is 0.0960 e. The molecule has 84 valence electrons. The predicted octanol–water partition coefficient (Wildman–Crippen LogP) is 1.05. The Hall–Kier alpha value is -0.610. The quantitative estimate of drug-likeness (QED) is 0.363. The van der Waals surface area contributed by atoms with Crippen molar-refractivity contribution in [2.24, 2.45) is 16.6 Å². The monoisotopic (exact) mass is 202 g/mol. The fourth-order valence-electron chi connectivity index (χ4n) is 0.800. The van der Waals surface area contributed by atoms with Crippen molar-refractivity contribution in [3.05, 3.63) is 0 Å².